The molecule has 2 aromatic carbocycles. The minimum absolute atomic E-state index is 0.164. The lowest BCUT2D eigenvalue weighted by Crippen LogP contribution is -2.23. The van der Waals surface area contributed by atoms with E-state index in [0.29, 0.717) is 11.6 Å². The molecule has 0 saturated heterocycles. The second kappa shape index (κ2) is 5.96. The first-order chi connectivity index (χ1) is 11.6. The predicted molar refractivity (Wildman–Crippen MR) is 92.0 cm³/mol. The molecule has 0 amide bonds. The maximum atomic E-state index is 12.5. The average molecular weight is 339 g/mol. The van der Waals surface area contributed by atoms with Gasteiger partial charge in [-0.2, -0.15) is 0 Å². The van der Waals surface area contributed by atoms with Crippen LogP contribution in [0.3, 0.4) is 0 Å². The zero-order valence-corrected chi connectivity index (χ0v) is 13.8. The Morgan fingerprint density at radius 2 is 1.79 bits per heavy atom. The molecule has 1 aromatic heterocycles. The fourth-order valence-electron chi connectivity index (χ4n) is 2.70. The highest BCUT2D eigenvalue weighted by atomic mass is 32.2. The molecule has 1 aliphatic rings. The van der Waals surface area contributed by atoms with Crippen molar-refractivity contribution in [1.29, 1.82) is 0 Å². The van der Waals surface area contributed by atoms with E-state index in [1.165, 1.54) is 6.33 Å². The van der Waals surface area contributed by atoms with Crippen LogP contribution in [-0.2, 0) is 16.6 Å². The lowest BCUT2D eigenvalue weighted by Gasteiger charge is -2.08. The van der Waals surface area contributed by atoms with Gasteiger partial charge in [0, 0.05) is 11.6 Å². The van der Waals surface area contributed by atoms with Crippen LogP contribution < -0.4 is 4.72 Å². The Hall–Kier alpha value is -2.31. The Labute approximate surface area is 140 Å². The van der Waals surface area contributed by atoms with Crippen LogP contribution in [0, 0.1) is 0 Å². The first kappa shape index (κ1) is 15.2. The minimum Gasteiger partial charge on any atom is -0.241 e. The molecule has 5 nitrogen and oxygen atoms in total. The van der Waals surface area contributed by atoms with Crippen molar-refractivity contribution in [2.45, 2.75) is 30.2 Å². The van der Waals surface area contributed by atoms with E-state index in [0.717, 1.165) is 29.3 Å². The van der Waals surface area contributed by atoms with Crippen LogP contribution in [0.25, 0.3) is 10.8 Å². The monoisotopic (exact) mass is 339 g/mol. The molecule has 1 saturated carbocycles. The summed E-state index contributed by atoms with van der Waals surface area (Å²) in [5, 5.41) is 1.92. The van der Waals surface area contributed by atoms with E-state index < -0.39 is 10.0 Å². The third-order valence-electron chi connectivity index (χ3n) is 4.22. The van der Waals surface area contributed by atoms with Gasteiger partial charge in [-0.15, -0.1) is 0 Å². The van der Waals surface area contributed by atoms with Gasteiger partial charge in [0.1, 0.15) is 6.33 Å². The molecule has 24 heavy (non-hydrogen) atoms. The molecule has 4 rings (SSSR count). The summed E-state index contributed by atoms with van der Waals surface area (Å²) in [6.07, 6.45) is 3.81. The summed E-state index contributed by atoms with van der Waals surface area (Å²) in [6.45, 7) is 0.164. The number of hydrogen-bond acceptors (Lipinski definition) is 4. The van der Waals surface area contributed by atoms with Crippen molar-refractivity contribution in [2.24, 2.45) is 0 Å². The van der Waals surface area contributed by atoms with Gasteiger partial charge in [-0.25, -0.2) is 23.1 Å². The van der Waals surface area contributed by atoms with Crippen molar-refractivity contribution < 1.29 is 8.42 Å². The van der Waals surface area contributed by atoms with Gasteiger partial charge < -0.3 is 0 Å². The highest BCUT2D eigenvalue weighted by Crippen LogP contribution is 2.38. The molecule has 0 radical (unpaired) electrons. The smallest absolute Gasteiger partial charge is 0.240 e. The summed E-state index contributed by atoms with van der Waals surface area (Å²) in [4.78, 5) is 8.67. The molecule has 0 spiro atoms. The number of nitrogens with zero attached hydrogens (tertiary/aromatic N) is 2. The van der Waals surface area contributed by atoms with Crippen molar-refractivity contribution >= 4 is 20.8 Å². The fourth-order valence-corrected chi connectivity index (χ4v) is 3.73. The van der Waals surface area contributed by atoms with E-state index in [-0.39, 0.29) is 11.4 Å². The Morgan fingerprint density at radius 1 is 1.00 bits per heavy atom. The van der Waals surface area contributed by atoms with Crippen molar-refractivity contribution in [2.75, 3.05) is 0 Å². The predicted octanol–water partition coefficient (Wildman–Crippen LogP) is 2.99. The number of fused-ring (bicyclic) bond motifs is 1. The molecule has 3 aromatic rings. The van der Waals surface area contributed by atoms with Gasteiger partial charge in [0.2, 0.25) is 10.0 Å². The summed E-state index contributed by atoms with van der Waals surface area (Å²) in [5.41, 5.74) is 1.70. The number of benzene rings is 2. The van der Waals surface area contributed by atoms with Crippen LogP contribution in [0.15, 0.2) is 59.8 Å². The maximum Gasteiger partial charge on any atom is 0.240 e. The van der Waals surface area contributed by atoms with Gasteiger partial charge in [-0.05, 0) is 41.8 Å². The van der Waals surface area contributed by atoms with E-state index in [4.69, 9.17) is 0 Å². The molecular formula is C18H17N3O2S. The zero-order valence-electron chi connectivity index (χ0n) is 13.0. The molecule has 1 N–H and O–H groups in total. The Morgan fingerprint density at radius 3 is 2.58 bits per heavy atom. The van der Waals surface area contributed by atoms with Gasteiger partial charge in [0.05, 0.1) is 17.1 Å². The molecular weight excluding hydrogens is 322 g/mol. The lowest BCUT2D eigenvalue weighted by molar-refractivity contribution is 0.580. The van der Waals surface area contributed by atoms with Gasteiger partial charge in [0.25, 0.3) is 0 Å². The molecule has 0 aliphatic heterocycles. The number of nitrogens with one attached hydrogen (secondary N) is 1. The van der Waals surface area contributed by atoms with Crippen molar-refractivity contribution in [3.05, 3.63) is 66.2 Å². The third kappa shape index (κ3) is 3.16. The average Bonchev–Trinajstić information content (AvgIpc) is 3.45. The molecule has 0 unspecified atom stereocenters. The maximum absolute atomic E-state index is 12.5. The molecule has 122 valence electrons. The van der Waals surface area contributed by atoms with E-state index in [1.54, 1.807) is 12.1 Å². The van der Waals surface area contributed by atoms with E-state index >= 15 is 0 Å². The summed E-state index contributed by atoms with van der Waals surface area (Å²) in [7, 11) is -3.58. The van der Waals surface area contributed by atoms with Gasteiger partial charge in [-0.3, -0.25) is 0 Å². The first-order valence-electron chi connectivity index (χ1n) is 7.91. The number of rotatable bonds is 5. The Kier molecular flexibility index (Phi) is 3.78. The summed E-state index contributed by atoms with van der Waals surface area (Å²) >= 11 is 0. The van der Waals surface area contributed by atoms with Crippen LogP contribution in [0.2, 0.25) is 0 Å². The zero-order chi connectivity index (χ0) is 16.6. The second-order valence-electron chi connectivity index (χ2n) is 6.04. The van der Waals surface area contributed by atoms with Crippen molar-refractivity contribution in [3.8, 4) is 0 Å². The summed E-state index contributed by atoms with van der Waals surface area (Å²) in [5.74, 6) is 0.517. The highest BCUT2D eigenvalue weighted by molar-refractivity contribution is 7.89. The van der Waals surface area contributed by atoms with Crippen molar-refractivity contribution in [3.63, 3.8) is 0 Å². The molecule has 0 atom stereocenters. The molecule has 1 fully saturated rings. The normalized spacial score (nSPS) is 14.8. The minimum atomic E-state index is -3.58. The highest BCUT2D eigenvalue weighted by Gasteiger charge is 2.25. The second-order valence-corrected chi connectivity index (χ2v) is 7.81. The molecule has 1 aliphatic carbocycles. The first-order valence-corrected chi connectivity index (χ1v) is 9.39. The van der Waals surface area contributed by atoms with Crippen molar-refractivity contribution in [1.82, 2.24) is 14.7 Å². The summed E-state index contributed by atoms with van der Waals surface area (Å²) in [6, 6.07) is 14.7. The van der Waals surface area contributed by atoms with Crippen LogP contribution in [0.5, 0.6) is 0 Å². The number of aromatic nitrogens is 2. The standard InChI is InChI=1S/C18H17N3O2S/c22-24(23,17-8-7-13-3-1-2-4-15(13)9-17)21-11-16-10-18(14-5-6-14)20-12-19-16/h1-4,7-10,12,14,21H,5-6,11H2. The number of hydrogen-bond donors (Lipinski definition) is 1. The summed E-state index contributed by atoms with van der Waals surface area (Å²) < 4.78 is 27.7. The quantitative estimate of drug-likeness (QED) is 0.776. The topological polar surface area (TPSA) is 72.0 Å². The SMILES string of the molecule is O=S(=O)(NCc1cc(C2CC2)ncn1)c1ccc2ccccc2c1. The van der Waals surface area contributed by atoms with E-state index in [2.05, 4.69) is 14.7 Å². The van der Waals surface area contributed by atoms with Gasteiger partial charge in [-0.1, -0.05) is 30.3 Å². The Balaban J connectivity index is 1.54. The fraction of sp³-hybridized carbons (Fsp3) is 0.222. The lowest BCUT2D eigenvalue weighted by atomic mass is 10.1. The largest absolute Gasteiger partial charge is 0.241 e. The van der Waals surface area contributed by atoms with Crippen LogP contribution in [0.4, 0.5) is 0 Å². The molecule has 0 bridgehead atoms. The van der Waals surface area contributed by atoms with Gasteiger partial charge >= 0.3 is 0 Å². The van der Waals surface area contributed by atoms with E-state index in [1.807, 2.05) is 36.4 Å². The molecule has 1 heterocycles. The number of sulfonamides is 1. The van der Waals surface area contributed by atoms with Gasteiger partial charge in [0.15, 0.2) is 0 Å². The van der Waals surface area contributed by atoms with Crippen LogP contribution >= 0.6 is 0 Å². The molecule has 6 heteroatoms. The van der Waals surface area contributed by atoms with E-state index in [9.17, 15) is 8.42 Å². The third-order valence-corrected chi connectivity index (χ3v) is 5.61. The van der Waals surface area contributed by atoms with Crippen LogP contribution in [0.1, 0.15) is 30.1 Å². The van der Waals surface area contributed by atoms with Crippen LogP contribution in [-0.4, -0.2) is 18.4 Å². The Bertz CT molecular complexity index is 998.